The molecule has 0 saturated heterocycles. The monoisotopic (exact) mass is 345 g/mol. The zero-order chi connectivity index (χ0) is 17.8. The minimum absolute atomic E-state index is 0.685. The van der Waals surface area contributed by atoms with E-state index < -0.39 is 0 Å². The van der Waals surface area contributed by atoms with Gasteiger partial charge in [0.05, 0.1) is 0 Å². The van der Waals surface area contributed by atoms with Crippen molar-refractivity contribution in [3.05, 3.63) is 66.6 Å². The maximum Gasteiger partial charge on any atom is 0.181 e. The van der Waals surface area contributed by atoms with Gasteiger partial charge in [0, 0.05) is 49.5 Å². The number of nitrogens with one attached hydrogen (secondary N) is 1. The van der Waals surface area contributed by atoms with Gasteiger partial charge in [-0.1, -0.05) is 13.0 Å². The fourth-order valence-corrected chi connectivity index (χ4v) is 2.75. The molecule has 0 aliphatic carbocycles. The van der Waals surface area contributed by atoms with Crippen molar-refractivity contribution in [1.29, 1.82) is 0 Å². The Balaban J connectivity index is 1.47. The summed E-state index contributed by atoms with van der Waals surface area (Å²) in [5, 5.41) is 7.30. The summed E-state index contributed by atoms with van der Waals surface area (Å²) >= 11 is 0. The summed E-state index contributed by atoms with van der Waals surface area (Å²) in [6.45, 7) is 2.87. The molecular formula is C19H19N7. The number of aromatic nitrogens is 7. The van der Waals surface area contributed by atoms with Crippen LogP contribution in [-0.4, -0.2) is 34.7 Å². The number of pyridine rings is 2. The smallest absolute Gasteiger partial charge is 0.181 e. The van der Waals surface area contributed by atoms with E-state index in [1.165, 1.54) is 5.56 Å². The third-order valence-electron chi connectivity index (χ3n) is 4.24. The van der Waals surface area contributed by atoms with E-state index in [1.807, 2.05) is 30.6 Å². The zero-order valence-electron chi connectivity index (χ0n) is 14.5. The van der Waals surface area contributed by atoms with E-state index in [1.54, 1.807) is 18.6 Å². The molecule has 0 amide bonds. The fourth-order valence-electron chi connectivity index (χ4n) is 2.75. The molecule has 7 heteroatoms. The van der Waals surface area contributed by atoms with Crippen LogP contribution >= 0.6 is 0 Å². The minimum Gasteiger partial charge on any atom is -0.329 e. The summed E-state index contributed by atoms with van der Waals surface area (Å²) in [5.41, 5.74) is 3.05. The second kappa shape index (κ2) is 7.26. The molecule has 0 atom stereocenters. The summed E-state index contributed by atoms with van der Waals surface area (Å²) < 4.78 is 2.09. The van der Waals surface area contributed by atoms with E-state index in [4.69, 9.17) is 0 Å². The van der Waals surface area contributed by atoms with Crippen molar-refractivity contribution in [3.8, 4) is 22.9 Å². The first kappa shape index (κ1) is 16.1. The van der Waals surface area contributed by atoms with Crippen LogP contribution in [0, 0.1) is 0 Å². The maximum atomic E-state index is 4.56. The van der Waals surface area contributed by atoms with Crippen molar-refractivity contribution >= 4 is 0 Å². The van der Waals surface area contributed by atoms with Crippen LogP contribution < -0.4 is 0 Å². The molecule has 0 aliphatic heterocycles. The lowest BCUT2D eigenvalue weighted by Crippen LogP contribution is -2.04. The Labute approximate surface area is 151 Å². The standard InChI is InChI=1S/C19H19N7/c1-2-14-3-4-16(22-13-14)19-21-10-12-26(19)11-7-17-23-18(25-24-17)15-5-8-20-9-6-15/h3-6,8-10,12-13H,2,7,11H2,1H3,(H,23,24,25). The van der Waals surface area contributed by atoms with E-state index in [0.717, 1.165) is 42.3 Å². The SMILES string of the molecule is CCc1ccc(-c2nccn2CCc2nc(-c3ccncc3)n[nH]2)nc1. The van der Waals surface area contributed by atoms with Crippen molar-refractivity contribution in [2.75, 3.05) is 0 Å². The third-order valence-corrected chi connectivity index (χ3v) is 4.24. The lowest BCUT2D eigenvalue weighted by atomic mass is 10.2. The van der Waals surface area contributed by atoms with Crippen LogP contribution in [0.3, 0.4) is 0 Å². The minimum atomic E-state index is 0.685. The Morgan fingerprint density at radius 1 is 1.04 bits per heavy atom. The van der Waals surface area contributed by atoms with Crippen LogP contribution in [0.15, 0.2) is 55.2 Å². The summed E-state index contributed by atoms with van der Waals surface area (Å²) in [5.74, 6) is 2.39. The van der Waals surface area contributed by atoms with Crippen LogP contribution in [0.25, 0.3) is 22.9 Å². The molecule has 4 aromatic rings. The molecule has 0 spiro atoms. The van der Waals surface area contributed by atoms with Gasteiger partial charge in [-0.2, -0.15) is 5.10 Å². The van der Waals surface area contributed by atoms with Crippen molar-refractivity contribution in [2.24, 2.45) is 0 Å². The van der Waals surface area contributed by atoms with Gasteiger partial charge in [-0.15, -0.1) is 0 Å². The van der Waals surface area contributed by atoms with Crippen LogP contribution in [0.5, 0.6) is 0 Å². The first-order valence-corrected chi connectivity index (χ1v) is 8.61. The molecule has 0 aromatic carbocycles. The lowest BCUT2D eigenvalue weighted by Gasteiger charge is -2.06. The number of H-pyrrole nitrogens is 1. The highest BCUT2D eigenvalue weighted by atomic mass is 15.2. The van der Waals surface area contributed by atoms with E-state index in [9.17, 15) is 0 Å². The van der Waals surface area contributed by atoms with Gasteiger partial charge >= 0.3 is 0 Å². The zero-order valence-corrected chi connectivity index (χ0v) is 14.5. The quantitative estimate of drug-likeness (QED) is 0.581. The molecule has 0 saturated carbocycles. The highest BCUT2D eigenvalue weighted by molar-refractivity contribution is 5.53. The van der Waals surface area contributed by atoms with Crippen molar-refractivity contribution in [1.82, 2.24) is 34.7 Å². The number of aromatic amines is 1. The summed E-state index contributed by atoms with van der Waals surface area (Å²) in [6, 6.07) is 7.91. The maximum absolute atomic E-state index is 4.56. The molecule has 4 aromatic heterocycles. The fraction of sp³-hybridized carbons (Fsp3) is 0.211. The van der Waals surface area contributed by atoms with Crippen LogP contribution in [0.1, 0.15) is 18.3 Å². The predicted octanol–water partition coefficient (Wildman–Crippen LogP) is 2.93. The molecule has 0 aliphatic rings. The molecule has 0 unspecified atom stereocenters. The van der Waals surface area contributed by atoms with Crippen LogP contribution in [0.4, 0.5) is 0 Å². The third kappa shape index (κ3) is 3.37. The van der Waals surface area contributed by atoms with E-state index in [0.29, 0.717) is 5.82 Å². The second-order valence-corrected chi connectivity index (χ2v) is 5.94. The van der Waals surface area contributed by atoms with Gasteiger partial charge in [-0.05, 0) is 30.2 Å². The number of hydrogen-bond acceptors (Lipinski definition) is 5. The lowest BCUT2D eigenvalue weighted by molar-refractivity contribution is 0.678. The van der Waals surface area contributed by atoms with Gasteiger partial charge in [0.25, 0.3) is 0 Å². The first-order chi connectivity index (χ1) is 12.8. The largest absolute Gasteiger partial charge is 0.329 e. The molecule has 7 nitrogen and oxygen atoms in total. The van der Waals surface area contributed by atoms with Crippen molar-refractivity contribution in [3.63, 3.8) is 0 Å². The number of imidazole rings is 1. The van der Waals surface area contributed by atoms with Crippen molar-refractivity contribution < 1.29 is 0 Å². The number of aryl methyl sites for hydroxylation is 3. The Hall–Kier alpha value is -3.35. The van der Waals surface area contributed by atoms with E-state index in [-0.39, 0.29) is 0 Å². The van der Waals surface area contributed by atoms with Gasteiger partial charge in [0.15, 0.2) is 11.6 Å². The molecule has 1 N–H and O–H groups in total. The number of hydrogen-bond donors (Lipinski definition) is 1. The number of rotatable bonds is 6. The number of nitrogens with zero attached hydrogens (tertiary/aromatic N) is 6. The van der Waals surface area contributed by atoms with Gasteiger partial charge in [-0.3, -0.25) is 15.1 Å². The highest BCUT2D eigenvalue weighted by Gasteiger charge is 2.10. The summed E-state index contributed by atoms with van der Waals surface area (Å²) in [7, 11) is 0. The Kier molecular flexibility index (Phi) is 4.51. The molecule has 130 valence electrons. The van der Waals surface area contributed by atoms with Gasteiger partial charge in [0.2, 0.25) is 0 Å². The summed E-state index contributed by atoms with van der Waals surface area (Å²) in [6.07, 6.45) is 10.9. The van der Waals surface area contributed by atoms with E-state index >= 15 is 0 Å². The predicted molar refractivity (Wildman–Crippen MR) is 98.2 cm³/mol. The first-order valence-electron chi connectivity index (χ1n) is 8.61. The average Bonchev–Trinajstić information content (AvgIpc) is 3.36. The molecule has 0 fully saturated rings. The average molecular weight is 345 g/mol. The van der Waals surface area contributed by atoms with E-state index in [2.05, 4.69) is 47.7 Å². The molecule has 4 rings (SSSR count). The molecule has 26 heavy (non-hydrogen) atoms. The van der Waals surface area contributed by atoms with Gasteiger partial charge < -0.3 is 4.57 Å². The van der Waals surface area contributed by atoms with Crippen molar-refractivity contribution in [2.45, 2.75) is 26.3 Å². The van der Waals surface area contributed by atoms with Crippen LogP contribution in [-0.2, 0) is 19.4 Å². The molecule has 0 bridgehead atoms. The van der Waals surface area contributed by atoms with Gasteiger partial charge in [-0.25, -0.2) is 9.97 Å². The Bertz CT molecular complexity index is 971. The molecular weight excluding hydrogens is 326 g/mol. The molecule has 4 heterocycles. The topological polar surface area (TPSA) is 85.2 Å². The Morgan fingerprint density at radius 2 is 1.92 bits per heavy atom. The van der Waals surface area contributed by atoms with Crippen LogP contribution in [0.2, 0.25) is 0 Å². The summed E-state index contributed by atoms with van der Waals surface area (Å²) in [4.78, 5) is 17.6. The molecule has 0 radical (unpaired) electrons. The Morgan fingerprint density at radius 3 is 2.69 bits per heavy atom. The van der Waals surface area contributed by atoms with Gasteiger partial charge in [0.1, 0.15) is 11.5 Å². The second-order valence-electron chi connectivity index (χ2n) is 5.94. The highest BCUT2D eigenvalue weighted by Crippen LogP contribution is 2.17. The normalized spacial score (nSPS) is 11.0.